The van der Waals surface area contributed by atoms with Gasteiger partial charge in [0.05, 0.1) is 6.04 Å². The van der Waals surface area contributed by atoms with Crippen molar-refractivity contribution in [1.29, 1.82) is 0 Å². The van der Waals surface area contributed by atoms with Crippen LogP contribution in [0, 0.1) is 0 Å². The molecule has 3 rings (SSSR count). The normalized spacial score (nSPS) is 17.1. The SMILES string of the molecule is CCCC[C@H]1CN(c2ccc(Cl)cc2)C(=O)CN1C(=O)c1ccc(=O)n(C)n1. The molecule has 28 heavy (non-hydrogen) atoms. The van der Waals surface area contributed by atoms with Gasteiger partial charge in [-0.05, 0) is 36.8 Å². The van der Waals surface area contributed by atoms with E-state index in [9.17, 15) is 14.4 Å². The number of benzene rings is 1. The van der Waals surface area contributed by atoms with Crippen LogP contribution >= 0.6 is 11.6 Å². The first-order valence-electron chi connectivity index (χ1n) is 9.32. The summed E-state index contributed by atoms with van der Waals surface area (Å²) < 4.78 is 1.13. The van der Waals surface area contributed by atoms with Crippen LogP contribution in [-0.4, -0.2) is 45.6 Å². The van der Waals surface area contributed by atoms with Crippen LogP contribution in [0.25, 0.3) is 0 Å². The summed E-state index contributed by atoms with van der Waals surface area (Å²) in [6.45, 7) is 2.48. The van der Waals surface area contributed by atoms with Gasteiger partial charge in [0.2, 0.25) is 5.91 Å². The van der Waals surface area contributed by atoms with Crippen LogP contribution in [-0.2, 0) is 11.8 Å². The number of nitrogens with zero attached hydrogens (tertiary/aromatic N) is 4. The number of halogens is 1. The van der Waals surface area contributed by atoms with Crippen LogP contribution in [0.3, 0.4) is 0 Å². The average molecular weight is 403 g/mol. The summed E-state index contributed by atoms with van der Waals surface area (Å²) in [5.41, 5.74) is 0.641. The van der Waals surface area contributed by atoms with Crippen molar-refractivity contribution >= 4 is 29.1 Å². The zero-order chi connectivity index (χ0) is 20.3. The summed E-state index contributed by atoms with van der Waals surface area (Å²) in [5.74, 6) is -0.492. The Morgan fingerprint density at radius 3 is 2.54 bits per heavy atom. The fourth-order valence-electron chi connectivity index (χ4n) is 3.33. The lowest BCUT2D eigenvalue weighted by molar-refractivity contribution is -0.121. The number of carbonyl (C=O) groups excluding carboxylic acids is 2. The van der Waals surface area contributed by atoms with Gasteiger partial charge in [-0.2, -0.15) is 5.10 Å². The Labute approximate surface area is 168 Å². The molecule has 0 unspecified atom stereocenters. The lowest BCUT2D eigenvalue weighted by Gasteiger charge is -2.41. The summed E-state index contributed by atoms with van der Waals surface area (Å²) in [7, 11) is 1.50. The maximum Gasteiger partial charge on any atom is 0.275 e. The predicted molar refractivity (Wildman–Crippen MR) is 108 cm³/mol. The third-order valence-electron chi connectivity index (χ3n) is 4.91. The minimum Gasteiger partial charge on any atom is -0.323 e. The van der Waals surface area contributed by atoms with E-state index in [2.05, 4.69) is 12.0 Å². The van der Waals surface area contributed by atoms with Crippen molar-refractivity contribution in [3.8, 4) is 0 Å². The van der Waals surface area contributed by atoms with Gasteiger partial charge >= 0.3 is 0 Å². The van der Waals surface area contributed by atoms with Crippen LogP contribution in [0.5, 0.6) is 0 Å². The van der Waals surface area contributed by atoms with Crippen LogP contribution in [0.15, 0.2) is 41.2 Å². The van der Waals surface area contributed by atoms with Gasteiger partial charge in [-0.3, -0.25) is 14.4 Å². The topological polar surface area (TPSA) is 75.5 Å². The third kappa shape index (κ3) is 4.25. The second-order valence-electron chi connectivity index (χ2n) is 6.89. The number of hydrogen-bond donors (Lipinski definition) is 0. The molecule has 0 saturated carbocycles. The number of aryl methyl sites for hydroxylation is 1. The van der Waals surface area contributed by atoms with E-state index < -0.39 is 0 Å². The minimum atomic E-state index is -0.333. The Hall–Kier alpha value is -2.67. The smallest absolute Gasteiger partial charge is 0.275 e. The van der Waals surface area contributed by atoms with Gasteiger partial charge in [-0.15, -0.1) is 0 Å². The fourth-order valence-corrected chi connectivity index (χ4v) is 3.46. The zero-order valence-corrected chi connectivity index (χ0v) is 16.7. The molecule has 1 fully saturated rings. The molecule has 1 saturated heterocycles. The van der Waals surface area contributed by atoms with E-state index in [4.69, 9.17) is 11.6 Å². The largest absolute Gasteiger partial charge is 0.323 e. The molecule has 0 aliphatic carbocycles. The van der Waals surface area contributed by atoms with Gasteiger partial charge in [-0.1, -0.05) is 31.4 Å². The summed E-state index contributed by atoms with van der Waals surface area (Å²) >= 11 is 5.95. The number of hydrogen-bond acceptors (Lipinski definition) is 4. The van der Waals surface area contributed by atoms with E-state index in [1.54, 1.807) is 21.9 Å². The molecule has 0 bridgehead atoms. The Morgan fingerprint density at radius 1 is 1.18 bits per heavy atom. The fraction of sp³-hybridized carbons (Fsp3) is 0.400. The number of carbonyl (C=O) groups is 2. The molecule has 0 N–H and O–H groups in total. The lowest BCUT2D eigenvalue weighted by atomic mass is 10.0. The molecule has 2 amide bonds. The molecular formula is C20H23ClN4O3. The maximum absolute atomic E-state index is 13.0. The highest BCUT2D eigenvalue weighted by Crippen LogP contribution is 2.25. The van der Waals surface area contributed by atoms with Crippen molar-refractivity contribution in [3.63, 3.8) is 0 Å². The Morgan fingerprint density at radius 2 is 1.89 bits per heavy atom. The van der Waals surface area contributed by atoms with Gasteiger partial charge in [0.25, 0.3) is 11.5 Å². The standard InChI is InChI=1S/C20H23ClN4O3/c1-3-4-5-16-12-24(15-8-6-14(21)7-9-15)19(27)13-25(16)20(28)17-10-11-18(26)23(2)22-17/h6-11,16H,3-5,12-13H2,1-2H3/t16-/m0/s1. The first-order valence-corrected chi connectivity index (χ1v) is 9.69. The minimum absolute atomic E-state index is 0.0274. The van der Waals surface area contributed by atoms with E-state index in [1.165, 1.54) is 19.2 Å². The molecule has 2 aromatic rings. The molecule has 8 heteroatoms. The third-order valence-corrected chi connectivity index (χ3v) is 5.16. The van der Waals surface area contributed by atoms with Crippen molar-refractivity contribution < 1.29 is 9.59 Å². The van der Waals surface area contributed by atoms with E-state index in [-0.39, 0.29) is 35.7 Å². The van der Waals surface area contributed by atoms with Crippen molar-refractivity contribution in [2.45, 2.75) is 32.2 Å². The second-order valence-corrected chi connectivity index (χ2v) is 7.33. The Bertz CT molecular complexity index is 926. The number of anilines is 1. The van der Waals surface area contributed by atoms with Gasteiger partial charge in [-0.25, -0.2) is 4.68 Å². The number of amides is 2. The van der Waals surface area contributed by atoms with Crippen LogP contribution in [0.4, 0.5) is 5.69 Å². The number of rotatable bonds is 5. The van der Waals surface area contributed by atoms with Crippen molar-refractivity contribution in [2.75, 3.05) is 18.0 Å². The van der Waals surface area contributed by atoms with E-state index in [0.717, 1.165) is 29.6 Å². The second kappa shape index (κ2) is 8.56. The summed E-state index contributed by atoms with van der Waals surface area (Å²) in [6, 6.07) is 9.71. The quantitative estimate of drug-likeness (QED) is 0.770. The van der Waals surface area contributed by atoms with Gasteiger partial charge < -0.3 is 9.80 Å². The van der Waals surface area contributed by atoms with Gasteiger partial charge in [0, 0.05) is 30.4 Å². The molecule has 0 spiro atoms. The van der Waals surface area contributed by atoms with Crippen molar-refractivity contribution in [3.05, 3.63) is 57.5 Å². The van der Waals surface area contributed by atoms with Crippen LogP contribution < -0.4 is 10.5 Å². The van der Waals surface area contributed by atoms with Crippen LogP contribution in [0.1, 0.15) is 36.7 Å². The molecule has 2 heterocycles. The molecule has 1 atom stereocenters. The van der Waals surface area contributed by atoms with E-state index >= 15 is 0 Å². The molecule has 7 nitrogen and oxygen atoms in total. The molecule has 148 valence electrons. The first kappa shape index (κ1) is 20.1. The van der Waals surface area contributed by atoms with E-state index in [0.29, 0.717) is 11.6 Å². The highest BCUT2D eigenvalue weighted by molar-refractivity contribution is 6.30. The summed E-state index contributed by atoms with van der Waals surface area (Å²) in [5, 5.41) is 4.65. The van der Waals surface area contributed by atoms with Crippen molar-refractivity contribution in [2.24, 2.45) is 7.05 Å². The molecule has 0 radical (unpaired) electrons. The number of unbranched alkanes of at least 4 members (excludes halogenated alkanes) is 1. The van der Waals surface area contributed by atoms with Crippen LogP contribution in [0.2, 0.25) is 5.02 Å². The summed E-state index contributed by atoms with van der Waals surface area (Å²) in [4.78, 5) is 40.7. The highest BCUT2D eigenvalue weighted by Gasteiger charge is 2.36. The highest BCUT2D eigenvalue weighted by atomic mass is 35.5. The molecule has 1 aromatic heterocycles. The zero-order valence-electron chi connectivity index (χ0n) is 16.0. The Kier molecular flexibility index (Phi) is 6.14. The summed E-state index contributed by atoms with van der Waals surface area (Å²) in [6.07, 6.45) is 2.72. The molecule has 1 aliphatic heterocycles. The number of aromatic nitrogens is 2. The Balaban J connectivity index is 1.87. The lowest BCUT2D eigenvalue weighted by Crippen LogP contribution is -2.58. The van der Waals surface area contributed by atoms with E-state index in [1.807, 2.05) is 12.1 Å². The molecular weight excluding hydrogens is 380 g/mol. The molecule has 1 aromatic carbocycles. The first-order chi connectivity index (χ1) is 13.4. The predicted octanol–water partition coefficient (Wildman–Crippen LogP) is 2.48. The molecule has 1 aliphatic rings. The van der Waals surface area contributed by atoms with Gasteiger partial charge in [0.15, 0.2) is 0 Å². The van der Waals surface area contributed by atoms with Crippen molar-refractivity contribution in [1.82, 2.24) is 14.7 Å². The van der Waals surface area contributed by atoms with Gasteiger partial charge in [0.1, 0.15) is 12.2 Å². The monoisotopic (exact) mass is 402 g/mol. The average Bonchev–Trinajstić information content (AvgIpc) is 2.69. The number of piperazine rings is 1. The maximum atomic E-state index is 13.0.